The third-order valence-corrected chi connectivity index (χ3v) is 6.03. The smallest absolute Gasteiger partial charge is 0.337 e. The molecule has 1 fully saturated rings. The van der Waals surface area contributed by atoms with E-state index in [9.17, 15) is 39.9 Å². The van der Waals surface area contributed by atoms with Crippen molar-refractivity contribution in [2.45, 2.75) is 70.3 Å². The molecular weight excluding hydrogens is 472 g/mol. The number of hydrogen-bond donors (Lipinski definition) is 5. The molecule has 0 radical (unpaired) electrons. The summed E-state index contributed by atoms with van der Waals surface area (Å²) in [6.45, 7) is 3.89. The number of ether oxygens (including phenoxy) is 5. The van der Waals surface area contributed by atoms with Gasteiger partial charge in [0.25, 0.3) is 0 Å². The summed E-state index contributed by atoms with van der Waals surface area (Å²) in [7, 11) is 1.10. The van der Waals surface area contributed by atoms with Crippen LogP contribution in [0.15, 0.2) is 23.5 Å². The van der Waals surface area contributed by atoms with Crippen molar-refractivity contribution in [3.8, 4) is 0 Å². The summed E-state index contributed by atoms with van der Waals surface area (Å²) in [6.07, 6.45) is -8.69. The van der Waals surface area contributed by atoms with E-state index in [2.05, 4.69) is 0 Å². The Morgan fingerprint density at radius 2 is 1.80 bits per heavy atom. The number of aliphatic hydroxyl groups excluding tert-OH is 4. The predicted molar refractivity (Wildman–Crippen MR) is 114 cm³/mol. The first-order valence-electron chi connectivity index (χ1n) is 10.9. The molecule has 2 aliphatic rings. The summed E-state index contributed by atoms with van der Waals surface area (Å²) in [6, 6.07) is 0. The number of rotatable bonds is 9. The number of carboxylic acids is 1. The van der Waals surface area contributed by atoms with Crippen LogP contribution in [0.4, 0.5) is 0 Å². The Balaban J connectivity index is 2.44. The summed E-state index contributed by atoms with van der Waals surface area (Å²) in [4.78, 5) is 36.4. The fourth-order valence-corrected chi connectivity index (χ4v) is 3.91. The first-order valence-corrected chi connectivity index (χ1v) is 10.9. The molecule has 0 bridgehead atoms. The van der Waals surface area contributed by atoms with Crippen molar-refractivity contribution in [1.29, 1.82) is 0 Å². The average Bonchev–Trinajstić information content (AvgIpc) is 2.82. The van der Waals surface area contributed by atoms with Gasteiger partial charge in [0.1, 0.15) is 30.5 Å². The van der Waals surface area contributed by atoms with Crippen molar-refractivity contribution < 1.29 is 63.6 Å². The van der Waals surface area contributed by atoms with Crippen LogP contribution in [0.5, 0.6) is 0 Å². The number of carbonyl (C=O) groups is 3. The van der Waals surface area contributed by atoms with Gasteiger partial charge in [-0.3, -0.25) is 4.79 Å². The van der Waals surface area contributed by atoms with Crippen LogP contribution < -0.4 is 0 Å². The van der Waals surface area contributed by atoms with Crippen LogP contribution in [0.25, 0.3) is 0 Å². The van der Waals surface area contributed by atoms with E-state index in [4.69, 9.17) is 23.7 Å². The van der Waals surface area contributed by atoms with E-state index in [1.807, 2.05) is 0 Å². The lowest BCUT2D eigenvalue weighted by Crippen LogP contribution is -2.60. The molecule has 0 saturated carbocycles. The quantitative estimate of drug-likeness (QED) is 0.186. The Morgan fingerprint density at radius 1 is 1.14 bits per heavy atom. The molecule has 0 unspecified atom stereocenters. The molecule has 0 amide bonds. The second kappa shape index (κ2) is 12.4. The molecule has 9 atom stereocenters. The minimum Gasteiger partial charge on any atom is -0.481 e. The van der Waals surface area contributed by atoms with E-state index in [1.54, 1.807) is 6.92 Å². The molecule has 2 heterocycles. The van der Waals surface area contributed by atoms with Gasteiger partial charge < -0.3 is 49.2 Å². The van der Waals surface area contributed by atoms with Crippen LogP contribution in [0.1, 0.15) is 27.2 Å². The predicted octanol–water partition coefficient (Wildman–Crippen LogP) is -1.18. The molecular formula is C22H32O13. The van der Waals surface area contributed by atoms with Crippen molar-refractivity contribution in [3.05, 3.63) is 23.5 Å². The molecule has 13 nitrogen and oxygen atoms in total. The van der Waals surface area contributed by atoms with Gasteiger partial charge in [-0.25, -0.2) is 9.59 Å². The first-order chi connectivity index (χ1) is 16.5. The molecule has 5 N–H and O–H groups in total. The molecule has 0 aromatic carbocycles. The van der Waals surface area contributed by atoms with Crippen molar-refractivity contribution in [2.75, 3.05) is 13.7 Å². The van der Waals surface area contributed by atoms with E-state index >= 15 is 0 Å². The van der Waals surface area contributed by atoms with Crippen molar-refractivity contribution in [2.24, 2.45) is 11.8 Å². The molecule has 0 aliphatic carbocycles. The molecule has 2 aliphatic heterocycles. The van der Waals surface area contributed by atoms with Crippen LogP contribution in [0.3, 0.4) is 0 Å². The summed E-state index contributed by atoms with van der Waals surface area (Å²) >= 11 is 0. The Morgan fingerprint density at radius 3 is 2.34 bits per heavy atom. The Bertz CT molecular complexity index is 835. The highest BCUT2D eigenvalue weighted by Crippen LogP contribution is 2.39. The lowest BCUT2D eigenvalue weighted by molar-refractivity contribution is -0.344. The summed E-state index contributed by atoms with van der Waals surface area (Å²) < 4.78 is 26.8. The zero-order valence-electron chi connectivity index (χ0n) is 19.8. The van der Waals surface area contributed by atoms with Gasteiger partial charge in [0.2, 0.25) is 6.29 Å². The number of aliphatic carboxylic acids is 1. The first kappa shape index (κ1) is 28.7. The largest absolute Gasteiger partial charge is 0.481 e. The number of hydrogen-bond acceptors (Lipinski definition) is 12. The fourth-order valence-electron chi connectivity index (χ4n) is 3.91. The van der Waals surface area contributed by atoms with Gasteiger partial charge in [0, 0.05) is 11.5 Å². The monoisotopic (exact) mass is 504 g/mol. The number of esters is 2. The van der Waals surface area contributed by atoms with Gasteiger partial charge in [-0.15, -0.1) is 0 Å². The van der Waals surface area contributed by atoms with E-state index in [0.29, 0.717) is 0 Å². The molecule has 0 aromatic heterocycles. The van der Waals surface area contributed by atoms with Crippen LogP contribution in [-0.4, -0.2) is 100 Å². The van der Waals surface area contributed by atoms with Gasteiger partial charge in [0.15, 0.2) is 6.29 Å². The van der Waals surface area contributed by atoms with Gasteiger partial charge >= 0.3 is 17.9 Å². The Hall–Kier alpha value is -2.55. The van der Waals surface area contributed by atoms with Crippen LogP contribution >= 0.6 is 0 Å². The Labute approximate surface area is 201 Å². The number of carbonyl (C=O) groups excluding carboxylic acids is 2. The van der Waals surface area contributed by atoms with Crippen molar-refractivity contribution in [3.63, 3.8) is 0 Å². The SMILES string of the molecule is C/C=C(/C)C(=O)O[C@@H](C)[C@H]1[C@H](O[C@@H]2O[C@H](CO)[C@@H](O)[C@H](O)[C@H]2O)OC=C(C(=O)OC)[C@H]1CC(=O)O. The lowest BCUT2D eigenvalue weighted by Gasteiger charge is -2.44. The minimum absolute atomic E-state index is 0.140. The standard InChI is InChI=1S/C22H32O13/c1-5-9(2)19(29)33-10(3)15-11(6-14(24)25)12(20(30)31-4)8-32-21(15)35-22-18(28)17(27)16(26)13(7-23)34-22/h5,8,10-11,13,15-18,21-23,26-28H,6-7H2,1-4H3,(H,24,25)/b9-5-/t10-,11+,13+,15+,16+,17-,18+,21-,22-/m0/s1. The maximum atomic E-state index is 12.4. The average molecular weight is 504 g/mol. The van der Waals surface area contributed by atoms with Crippen LogP contribution in [0, 0.1) is 11.8 Å². The molecule has 13 heteroatoms. The summed E-state index contributed by atoms with van der Waals surface area (Å²) in [5.41, 5.74) is 0.137. The molecule has 0 spiro atoms. The highest BCUT2D eigenvalue weighted by atomic mass is 16.8. The maximum absolute atomic E-state index is 12.4. The number of allylic oxidation sites excluding steroid dienone is 1. The normalized spacial score (nSPS) is 34.3. The highest BCUT2D eigenvalue weighted by Gasteiger charge is 2.50. The molecule has 0 aromatic rings. The van der Waals surface area contributed by atoms with E-state index in [1.165, 1.54) is 19.9 Å². The van der Waals surface area contributed by atoms with Gasteiger partial charge in [-0.05, 0) is 20.8 Å². The van der Waals surface area contributed by atoms with Gasteiger partial charge in [-0.1, -0.05) is 6.08 Å². The van der Waals surface area contributed by atoms with Gasteiger partial charge in [0.05, 0.1) is 37.9 Å². The fraction of sp³-hybridized carbons (Fsp3) is 0.682. The number of methoxy groups -OCH3 is 1. The van der Waals surface area contributed by atoms with Crippen LogP contribution in [-0.2, 0) is 38.1 Å². The summed E-state index contributed by atoms with van der Waals surface area (Å²) in [5, 5.41) is 49.3. The third kappa shape index (κ3) is 6.57. The zero-order chi connectivity index (χ0) is 26.4. The number of aliphatic hydroxyl groups is 4. The lowest BCUT2D eigenvalue weighted by atomic mass is 9.78. The third-order valence-electron chi connectivity index (χ3n) is 6.03. The second-order valence-electron chi connectivity index (χ2n) is 8.27. The topological polar surface area (TPSA) is 199 Å². The second-order valence-corrected chi connectivity index (χ2v) is 8.27. The van der Waals surface area contributed by atoms with Crippen molar-refractivity contribution in [1.82, 2.24) is 0 Å². The highest BCUT2D eigenvalue weighted by molar-refractivity contribution is 5.90. The van der Waals surface area contributed by atoms with E-state index in [-0.39, 0.29) is 11.1 Å². The summed E-state index contributed by atoms with van der Waals surface area (Å²) in [5.74, 6) is -5.07. The van der Waals surface area contributed by atoms with E-state index < -0.39 is 85.9 Å². The van der Waals surface area contributed by atoms with E-state index in [0.717, 1.165) is 13.4 Å². The van der Waals surface area contributed by atoms with Crippen LogP contribution in [0.2, 0.25) is 0 Å². The molecule has 35 heavy (non-hydrogen) atoms. The Kier molecular flexibility index (Phi) is 10.2. The van der Waals surface area contributed by atoms with Gasteiger partial charge in [-0.2, -0.15) is 0 Å². The molecule has 1 saturated heterocycles. The zero-order valence-corrected chi connectivity index (χ0v) is 19.8. The maximum Gasteiger partial charge on any atom is 0.337 e. The molecule has 2 rings (SSSR count). The van der Waals surface area contributed by atoms with Crippen molar-refractivity contribution >= 4 is 17.9 Å². The number of carboxylic acid groups (broad SMARTS) is 1. The minimum atomic E-state index is -1.77. The molecule has 198 valence electrons.